The van der Waals surface area contributed by atoms with Gasteiger partial charge in [-0.15, -0.1) is 0 Å². The first-order valence-electron chi connectivity index (χ1n) is 19.0. The van der Waals surface area contributed by atoms with Crippen LogP contribution in [-0.2, 0) is 0 Å². The van der Waals surface area contributed by atoms with E-state index in [-0.39, 0.29) is 0 Å². The van der Waals surface area contributed by atoms with Gasteiger partial charge in [-0.05, 0) is 54.1 Å². The molecule has 0 aliphatic rings. The lowest BCUT2D eigenvalue weighted by Gasteiger charge is -2.12. The van der Waals surface area contributed by atoms with Gasteiger partial charge in [-0.2, -0.15) is 0 Å². The van der Waals surface area contributed by atoms with E-state index in [2.05, 4.69) is 120 Å². The minimum Gasteiger partial charge on any atom is -0.456 e. The van der Waals surface area contributed by atoms with Crippen molar-refractivity contribution in [1.29, 1.82) is 0 Å². The SMILES string of the molecule is c1ccc(-c2nc(-c3ccc4oc5ccccc5c4c3)nc(-c3cc(-n4c5ccccc5c5ccccc54)cc4c3oc3c(-c5ccccc5)cccc34)n2)cc1. The van der Waals surface area contributed by atoms with Crippen LogP contribution in [-0.4, -0.2) is 19.5 Å². The smallest absolute Gasteiger partial charge is 0.167 e. The Morgan fingerprint density at radius 2 is 0.912 bits per heavy atom. The number of benzene rings is 8. The first-order chi connectivity index (χ1) is 28.2. The molecule has 0 atom stereocenters. The maximum absolute atomic E-state index is 7.04. The van der Waals surface area contributed by atoms with Crippen LogP contribution in [0.1, 0.15) is 0 Å². The number of hydrogen-bond donors (Lipinski definition) is 0. The van der Waals surface area contributed by atoms with Crippen molar-refractivity contribution in [2.24, 2.45) is 0 Å². The van der Waals surface area contributed by atoms with E-state index >= 15 is 0 Å². The summed E-state index contributed by atoms with van der Waals surface area (Å²) in [6.07, 6.45) is 0. The number of furan rings is 2. The van der Waals surface area contributed by atoms with Crippen LogP contribution in [0.4, 0.5) is 0 Å². The van der Waals surface area contributed by atoms with Crippen molar-refractivity contribution in [3.05, 3.63) is 182 Å². The molecule has 0 fully saturated rings. The van der Waals surface area contributed by atoms with Crippen molar-refractivity contribution in [3.8, 4) is 51.0 Å². The number of rotatable bonds is 5. The predicted molar refractivity (Wildman–Crippen MR) is 230 cm³/mol. The van der Waals surface area contributed by atoms with Gasteiger partial charge >= 0.3 is 0 Å². The minimum absolute atomic E-state index is 0.518. The summed E-state index contributed by atoms with van der Waals surface area (Å²) in [6.45, 7) is 0. The van der Waals surface area contributed by atoms with Crippen molar-refractivity contribution in [2.75, 3.05) is 0 Å². The standard InChI is InChI=1S/C51H30N4O2/c1-3-14-31(15-4-1)35-21-13-22-39-41-29-34(55-43-23-10-7-18-36(43)37-19-8-11-24-44(37)55)30-42(48(41)57-47(35)39)51-53-49(32-16-5-2-6-17-32)52-50(54-51)33-26-27-46-40(28-33)38-20-9-12-25-45(38)56-46/h1-30H. The van der Waals surface area contributed by atoms with Crippen LogP contribution in [0, 0.1) is 0 Å². The normalized spacial score (nSPS) is 11.9. The van der Waals surface area contributed by atoms with Crippen molar-refractivity contribution < 1.29 is 8.83 Å². The predicted octanol–water partition coefficient (Wildman–Crippen LogP) is 13.4. The van der Waals surface area contributed by atoms with Gasteiger partial charge in [-0.25, -0.2) is 15.0 Å². The van der Waals surface area contributed by atoms with Crippen LogP contribution in [0.25, 0.3) is 117 Å². The minimum atomic E-state index is 0.518. The van der Waals surface area contributed by atoms with Gasteiger partial charge in [0.25, 0.3) is 0 Å². The molecule has 0 bridgehead atoms. The molecule has 0 saturated heterocycles. The number of hydrogen-bond acceptors (Lipinski definition) is 5. The van der Waals surface area contributed by atoms with Gasteiger partial charge in [0.05, 0.1) is 16.6 Å². The van der Waals surface area contributed by atoms with E-state index in [0.29, 0.717) is 23.1 Å². The van der Waals surface area contributed by atoms with Crippen LogP contribution in [0.3, 0.4) is 0 Å². The summed E-state index contributed by atoms with van der Waals surface area (Å²) >= 11 is 0. The average molecular weight is 731 g/mol. The number of nitrogens with zero attached hydrogens (tertiary/aromatic N) is 4. The van der Waals surface area contributed by atoms with E-state index in [1.54, 1.807) is 0 Å². The Labute approximate surface area is 325 Å². The van der Waals surface area contributed by atoms with E-state index in [1.807, 2.05) is 66.7 Å². The van der Waals surface area contributed by atoms with Gasteiger partial charge < -0.3 is 13.4 Å². The van der Waals surface area contributed by atoms with E-state index in [9.17, 15) is 0 Å². The van der Waals surface area contributed by atoms with Crippen LogP contribution in [0.2, 0.25) is 0 Å². The highest BCUT2D eigenvalue weighted by atomic mass is 16.3. The van der Waals surface area contributed by atoms with Crippen LogP contribution < -0.4 is 0 Å². The van der Waals surface area contributed by atoms with Gasteiger partial charge in [-0.3, -0.25) is 0 Å². The van der Waals surface area contributed by atoms with E-state index in [0.717, 1.165) is 82.8 Å². The first-order valence-corrected chi connectivity index (χ1v) is 19.0. The quantitative estimate of drug-likeness (QED) is 0.176. The molecule has 6 nitrogen and oxygen atoms in total. The van der Waals surface area contributed by atoms with Gasteiger partial charge in [0.15, 0.2) is 17.5 Å². The highest BCUT2D eigenvalue weighted by molar-refractivity contribution is 6.15. The number of aromatic nitrogens is 4. The Hall–Kier alpha value is -7.83. The molecule has 0 radical (unpaired) electrons. The lowest BCUT2D eigenvalue weighted by Crippen LogP contribution is -2.01. The van der Waals surface area contributed by atoms with Crippen molar-refractivity contribution in [2.45, 2.75) is 0 Å². The molecule has 0 aliphatic heterocycles. The second-order valence-electron chi connectivity index (χ2n) is 14.4. The molecule has 8 aromatic carbocycles. The summed E-state index contributed by atoms with van der Waals surface area (Å²) in [5.41, 5.74) is 11.0. The first kappa shape index (κ1) is 31.5. The third kappa shape index (κ3) is 4.94. The maximum Gasteiger partial charge on any atom is 0.167 e. The van der Waals surface area contributed by atoms with Crippen LogP contribution in [0.15, 0.2) is 191 Å². The fourth-order valence-corrected chi connectivity index (χ4v) is 8.43. The molecule has 12 rings (SSSR count). The summed E-state index contributed by atoms with van der Waals surface area (Å²) in [6, 6.07) is 62.7. The topological polar surface area (TPSA) is 69.9 Å². The third-order valence-corrected chi connectivity index (χ3v) is 11.0. The molecule has 57 heavy (non-hydrogen) atoms. The largest absolute Gasteiger partial charge is 0.456 e. The van der Waals surface area contributed by atoms with Crippen molar-refractivity contribution in [3.63, 3.8) is 0 Å². The zero-order valence-electron chi connectivity index (χ0n) is 30.4. The second-order valence-corrected chi connectivity index (χ2v) is 14.4. The molecule has 4 heterocycles. The Kier molecular flexibility index (Phi) is 6.83. The van der Waals surface area contributed by atoms with E-state index in [4.69, 9.17) is 23.8 Å². The van der Waals surface area contributed by atoms with Crippen LogP contribution >= 0.6 is 0 Å². The molecule has 4 aromatic heterocycles. The van der Waals surface area contributed by atoms with Gasteiger partial charge in [0.2, 0.25) is 0 Å². The zero-order valence-corrected chi connectivity index (χ0v) is 30.4. The van der Waals surface area contributed by atoms with Crippen LogP contribution in [0.5, 0.6) is 0 Å². The second kappa shape index (κ2) is 12.3. The molecule has 0 N–H and O–H groups in total. The molecule has 0 aliphatic carbocycles. The molecule has 266 valence electrons. The van der Waals surface area contributed by atoms with Gasteiger partial charge in [0, 0.05) is 54.7 Å². The number of para-hydroxylation sites is 4. The maximum atomic E-state index is 7.04. The molecular formula is C51H30N4O2. The Bertz CT molecular complexity index is 3470. The molecule has 0 amide bonds. The lowest BCUT2D eigenvalue weighted by molar-refractivity contribution is 0.669. The van der Waals surface area contributed by atoms with E-state index < -0.39 is 0 Å². The summed E-state index contributed by atoms with van der Waals surface area (Å²) in [5, 5.41) is 6.43. The summed E-state index contributed by atoms with van der Waals surface area (Å²) < 4.78 is 15.6. The Morgan fingerprint density at radius 1 is 0.333 bits per heavy atom. The molecule has 6 heteroatoms. The molecule has 12 aromatic rings. The Balaban J connectivity index is 1.18. The number of fused-ring (bicyclic) bond motifs is 9. The highest BCUT2D eigenvalue weighted by Crippen LogP contribution is 2.43. The third-order valence-electron chi connectivity index (χ3n) is 11.0. The van der Waals surface area contributed by atoms with Crippen molar-refractivity contribution in [1.82, 2.24) is 19.5 Å². The van der Waals surface area contributed by atoms with E-state index in [1.165, 1.54) is 10.8 Å². The van der Waals surface area contributed by atoms with Gasteiger partial charge in [-0.1, -0.05) is 133 Å². The molecule has 0 spiro atoms. The van der Waals surface area contributed by atoms with Crippen molar-refractivity contribution >= 4 is 65.7 Å². The summed E-state index contributed by atoms with van der Waals surface area (Å²) in [5.74, 6) is 1.65. The lowest BCUT2D eigenvalue weighted by atomic mass is 10.0. The van der Waals surface area contributed by atoms with Gasteiger partial charge in [0.1, 0.15) is 22.3 Å². The zero-order chi connectivity index (χ0) is 37.5. The monoisotopic (exact) mass is 730 g/mol. The molecule has 0 unspecified atom stereocenters. The molecular weight excluding hydrogens is 701 g/mol. The summed E-state index contributed by atoms with van der Waals surface area (Å²) in [7, 11) is 0. The fraction of sp³-hybridized carbons (Fsp3) is 0. The summed E-state index contributed by atoms with van der Waals surface area (Å²) in [4.78, 5) is 15.6. The fourth-order valence-electron chi connectivity index (χ4n) is 8.43. The Morgan fingerprint density at radius 3 is 1.67 bits per heavy atom. The highest BCUT2D eigenvalue weighted by Gasteiger charge is 2.23. The molecule has 0 saturated carbocycles. The average Bonchev–Trinajstić information content (AvgIpc) is 3.96.